The molecule has 0 bridgehead atoms. The van der Waals surface area contributed by atoms with Gasteiger partial charge in [-0.15, -0.1) is 0 Å². The predicted octanol–water partition coefficient (Wildman–Crippen LogP) is 3.67. The molecule has 3 aromatic heterocycles. The Kier molecular flexibility index (Phi) is 4.26. The van der Waals surface area contributed by atoms with Crippen LogP contribution in [0.4, 0.5) is 11.6 Å². The summed E-state index contributed by atoms with van der Waals surface area (Å²) in [6.07, 6.45) is 10.1. The van der Waals surface area contributed by atoms with E-state index in [1.54, 1.807) is 6.20 Å². The third kappa shape index (κ3) is 3.29. The number of nitrogens with two attached hydrogens (primary N) is 1. The number of nitrogen functional groups attached to an aromatic ring is 1. The van der Waals surface area contributed by atoms with Crippen molar-refractivity contribution in [1.82, 2.24) is 19.6 Å². The molecule has 6 nitrogen and oxygen atoms in total. The Bertz CT molecular complexity index is 862. The molecular formula is C19H24N6. The Morgan fingerprint density at radius 1 is 1.20 bits per heavy atom. The van der Waals surface area contributed by atoms with Crippen molar-refractivity contribution in [3.05, 3.63) is 47.4 Å². The van der Waals surface area contributed by atoms with Crippen molar-refractivity contribution >= 4 is 17.3 Å². The minimum absolute atomic E-state index is 0.539. The van der Waals surface area contributed by atoms with Crippen LogP contribution in [0.25, 0.3) is 5.65 Å². The van der Waals surface area contributed by atoms with Crippen LogP contribution < -0.4 is 11.1 Å². The summed E-state index contributed by atoms with van der Waals surface area (Å²) in [6.45, 7) is 2.74. The van der Waals surface area contributed by atoms with E-state index in [1.165, 1.54) is 37.8 Å². The summed E-state index contributed by atoms with van der Waals surface area (Å²) in [7, 11) is 0. The Morgan fingerprint density at radius 3 is 2.80 bits per heavy atom. The molecule has 25 heavy (non-hydrogen) atoms. The van der Waals surface area contributed by atoms with Gasteiger partial charge in [0.05, 0.1) is 6.20 Å². The molecule has 0 spiro atoms. The molecule has 6 heteroatoms. The zero-order valence-electron chi connectivity index (χ0n) is 14.6. The zero-order chi connectivity index (χ0) is 17.2. The third-order valence-corrected chi connectivity index (χ3v) is 5.01. The van der Waals surface area contributed by atoms with Crippen molar-refractivity contribution in [2.75, 3.05) is 11.1 Å². The maximum Gasteiger partial charge on any atom is 0.160 e. The maximum absolute atomic E-state index is 5.66. The second kappa shape index (κ2) is 6.70. The van der Waals surface area contributed by atoms with Crippen LogP contribution in [-0.2, 0) is 6.54 Å². The molecule has 4 rings (SSSR count). The fraction of sp³-hybridized carbons (Fsp3) is 0.421. The van der Waals surface area contributed by atoms with Gasteiger partial charge in [0.2, 0.25) is 0 Å². The van der Waals surface area contributed by atoms with E-state index < -0.39 is 0 Å². The first-order chi connectivity index (χ1) is 12.2. The first-order valence-electron chi connectivity index (χ1n) is 9.00. The van der Waals surface area contributed by atoms with Crippen LogP contribution >= 0.6 is 0 Å². The number of hydrogen-bond acceptors (Lipinski definition) is 5. The molecular weight excluding hydrogens is 312 g/mol. The van der Waals surface area contributed by atoms with Gasteiger partial charge in [-0.2, -0.15) is 9.61 Å². The quantitative estimate of drug-likeness (QED) is 0.759. The molecule has 0 atom stereocenters. The van der Waals surface area contributed by atoms with Crippen LogP contribution in [0.2, 0.25) is 0 Å². The number of aromatic nitrogens is 4. The van der Waals surface area contributed by atoms with Gasteiger partial charge >= 0.3 is 0 Å². The lowest BCUT2D eigenvalue weighted by atomic mass is 9.87. The minimum atomic E-state index is 0.539. The van der Waals surface area contributed by atoms with Crippen LogP contribution in [0.15, 0.2) is 30.6 Å². The highest BCUT2D eigenvalue weighted by atomic mass is 15.3. The Hall–Kier alpha value is -2.63. The van der Waals surface area contributed by atoms with Gasteiger partial charge in [-0.3, -0.25) is 0 Å². The summed E-state index contributed by atoms with van der Waals surface area (Å²) in [6, 6.07) is 5.98. The SMILES string of the molecule is Cc1cnn2c(NCc3ccc(N)nc3)cc(C3CCCCC3)nc12. The average molecular weight is 336 g/mol. The van der Waals surface area contributed by atoms with Crippen molar-refractivity contribution in [3.8, 4) is 0 Å². The Morgan fingerprint density at radius 2 is 2.04 bits per heavy atom. The molecule has 3 aromatic rings. The second-order valence-electron chi connectivity index (χ2n) is 6.91. The van der Waals surface area contributed by atoms with E-state index in [-0.39, 0.29) is 0 Å². The van der Waals surface area contributed by atoms with Gasteiger partial charge < -0.3 is 11.1 Å². The summed E-state index contributed by atoms with van der Waals surface area (Å²) in [4.78, 5) is 9.07. The normalized spacial score (nSPS) is 15.6. The first kappa shape index (κ1) is 15.9. The molecule has 0 aliphatic heterocycles. The lowest BCUT2D eigenvalue weighted by molar-refractivity contribution is 0.437. The molecule has 0 unspecified atom stereocenters. The van der Waals surface area contributed by atoms with E-state index in [4.69, 9.17) is 10.7 Å². The summed E-state index contributed by atoms with van der Waals surface area (Å²) < 4.78 is 1.90. The molecule has 1 saturated carbocycles. The van der Waals surface area contributed by atoms with Gasteiger partial charge in [-0.05, 0) is 31.4 Å². The smallest absolute Gasteiger partial charge is 0.160 e. The van der Waals surface area contributed by atoms with Gasteiger partial charge in [0.25, 0.3) is 0 Å². The number of fused-ring (bicyclic) bond motifs is 1. The van der Waals surface area contributed by atoms with Crippen molar-refractivity contribution < 1.29 is 0 Å². The monoisotopic (exact) mass is 336 g/mol. The zero-order valence-corrected chi connectivity index (χ0v) is 14.6. The molecule has 3 heterocycles. The van der Waals surface area contributed by atoms with Gasteiger partial charge in [0.15, 0.2) is 5.65 Å². The molecule has 0 saturated heterocycles. The lowest BCUT2D eigenvalue weighted by Crippen LogP contribution is -2.11. The molecule has 3 N–H and O–H groups in total. The summed E-state index contributed by atoms with van der Waals surface area (Å²) in [5.74, 6) is 2.08. The highest BCUT2D eigenvalue weighted by Gasteiger charge is 2.19. The molecule has 1 fully saturated rings. The molecule has 1 aliphatic rings. The van der Waals surface area contributed by atoms with E-state index in [9.17, 15) is 0 Å². The fourth-order valence-corrected chi connectivity index (χ4v) is 3.56. The van der Waals surface area contributed by atoms with Gasteiger partial charge in [-0.1, -0.05) is 25.3 Å². The highest BCUT2D eigenvalue weighted by molar-refractivity contribution is 5.54. The van der Waals surface area contributed by atoms with Crippen molar-refractivity contribution in [2.45, 2.75) is 51.5 Å². The van der Waals surface area contributed by atoms with Crippen LogP contribution in [0.1, 0.15) is 54.8 Å². The molecule has 0 radical (unpaired) electrons. The van der Waals surface area contributed by atoms with Crippen LogP contribution in [-0.4, -0.2) is 19.6 Å². The fourth-order valence-electron chi connectivity index (χ4n) is 3.56. The number of anilines is 2. The number of hydrogen-bond donors (Lipinski definition) is 2. The van der Waals surface area contributed by atoms with Gasteiger partial charge in [-0.25, -0.2) is 9.97 Å². The second-order valence-corrected chi connectivity index (χ2v) is 6.91. The topological polar surface area (TPSA) is 81.1 Å². The molecule has 0 aromatic carbocycles. The minimum Gasteiger partial charge on any atom is -0.384 e. The standard InChI is InChI=1S/C19H24N6/c1-13-10-23-25-18(22-12-14-7-8-17(20)21-11-14)9-16(24-19(13)25)15-5-3-2-4-6-15/h7-11,15,22H,2-6,12H2,1H3,(H2,20,21). The molecule has 1 aliphatic carbocycles. The van der Waals surface area contributed by atoms with E-state index in [2.05, 4.69) is 28.4 Å². The number of rotatable bonds is 4. The number of aryl methyl sites for hydroxylation is 1. The van der Waals surface area contributed by atoms with E-state index in [0.29, 0.717) is 18.3 Å². The largest absolute Gasteiger partial charge is 0.384 e. The average Bonchev–Trinajstić information content (AvgIpc) is 3.03. The molecule has 130 valence electrons. The van der Waals surface area contributed by atoms with Crippen molar-refractivity contribution in [3.63, 3.8) is 0 Å². The summed E-state index contributed by atoms with van der Waals surface area (Å²) >= 11 is 0. The summed E-state index contributed by atoms with van der Waals surface area (Å²) in [5.41, 5.74) is 9.99. The Labute approximate surface area is 147 Å². The predicted molar refractivity (Wildman–Crippen MR) is 99.5 cm³/mol. The lowest BCUT2D eigenvalue weighted by Gasteiger charge is -2.22. The van der Waals surface area contributed by atoms with Crippen molar-refractivity contribution in [2.24, 2.45) is 0 Å². The van der Waals surface area contributed by atoms with Crippen LogP contribution in [0, 0.1) is 6.92 Å². The number of nitrogens with one attached hydrogen (secondary N) is 1. The maximum atomic E-state index is 5.66. The van der Waals surface area contributed by atoms with Crippen molar-refractivity contribution in [1.29, 1.82) is 0 Å². The third-order valence-electron chi connectivity index (χ3n) is 5.01. The van der Waals surface area contributed by atoms with E-state index in [0.717, 1.165) is 22.6 Å². The van der Waals surface area contributed by atoms with E-state index >= 15 is 0 Å². The van der Waals surface area contributed by atoms with Gasteiger partial charge in [0.1, 0.15) is 11.6 Å². The van der Waals surface area contributed by atoms with E-state index in [1.807, 2.05) is 22.8 Å². The first-order valence-corrected chi connectivity index (χ1v) is 9.00. The Balaban J connectivity index is 1.64. The highest BCUT2D eigenvalue weighted by Crippen LogP contribution is 2.33. The van der Waals surface area contributed by atoms with Crippen LogP contribution in [0.3, 0.4) is 0 Å². The number of pyridine rings is 1. The summed E-state index contributed by atoms with van der Waals surface area (Å²) in [5, 5.41) is 7.98. The van der Waals surface area contributed by atoms with Crippen LogP contribution in [0.5, 0.6) is 0 Å². The molecule has 0 amide bonds. The number of nitrogens with zero attached hydrogens (tertiary/aromatic N) is 4. The van der Waals surface area contributed by atoms with Gasteiger partial charge in [0, 0.05) is 36.0 Å².